The summed E-state index contributed by atoms with van der Waals surface area (Å²) in [5.41, 5.74) is 1.62. The highest BCUT2D eigenvalue weighted by Crippen LogP contribution is 2.31. The third-order valence-electron chi connectivity index (χ3n) is 2.56. The summed E-state index contributed by atoms with van der Waals surface area (Å²) in [6.45, 7) is 1.86. The zero-order chi connectivity index (χ0) is 13.1. The molecule has 0 amide bonds. The molecule has 0 bridgehead atoms. The molecule has 0 spiro atoms. The topological polar surface area (TPSA) is 44.2 Å². The Hall–Kier alpha value is -1.81. The molecule has 0 saturated carbocycles. The molecule has 0 radical (unpaired) electrons. The zero-order valence-corrected chi connectivity index (χ0v) is 11.2. The van der Waals surface area contributed by atoms with Gasteiger partial charge in [0, 0.05) is 17.8 Å². The average Bonchev–Trinajstić information content (AvgIpc) is 2.41. The number of hydrogen-bond acceptors (Lipinski definition) is 4. The molecule has 4 nitrogen and oxygen atoms in total. The van der Waals surface area contributed by atoms with Crippen LogP contribution in [-0.2, 0) is 0 Å². The van der Waals surface area contributed by atoms with Crippen molar-refractivity contribution in [2.45, 2.75) is 6.92 Å². The second kappa shape index (κ2) is 5.23. The van der Waals surface area contributed by atoms with Gasteiger partial charge in [-0.2, -0.15) is 0 Å². The molecule has 0 N–H and O–H groups in total. The van der Waals surface area contributed by atoms with Crippen molar-refractivity contribution in [3.8, 4) is 22.9 Å². The second-order valence-electron chi connectivity index (χ2n) is 3.73. The number of hydrogen-bond donors (Lipinski definition) is 0. The molecule has 0 aliphatic rings. The minimum absolute atomic E-state index is 0.442. The van der Waals surface area contributed by atoms with Crippen molar-refractivity contribution >= 4 is 11.6 Å². The van der Waals surface area contributed by atoms with E-state index in [0.29, 0.717) is 22.5 Å². The lowest BCUT2D eigenvalue weighted by molar-refractivity contribution is 0.395. The van der Waals surface area contributed by atoms with Gasteiger partial charge in [-0.15, -0.1) is 0 Å². The van der Waals surface area contributed by atoms with Gasteiger partial charge in [0.05, 0.1) is 19.8 Å². The molecule has 5 heteroatoms. The molecule has 1 heterocycles. The SMILES string of the molecule is COc1ccc(-c2ncc(C)c(Cl)n2)c(OC)c1. The number of aryl methyl sites for hydroxylation is 1. The maximum absolute atomic E-state index is 6.00. The van der Waals surface area contributed by atoms with Gasteiger partial charge in [-0.25, -0.2) is 9.97 Å². The number of halogens is 1. The van der Waals surface area contributed by atoms with Crippen LogP contribution in [0.1, 0.15) is 5.56 Å². The zero-order valence-electron chi connectivity index (χ0n) is 10.4. The smallest absolute Gasteiger partial charge is 0.164 e. The first-order valence-electron chi connectivity index (χ1n) is 5.37. The van der Waals surface area contributed by atoms with E-state index >= 15 is 0 Å². The van der Waals surface area contributed by atoms with Crippen molar-refractivity contribution in [2.24, 2.45) is 0 Å². The van der Waals surface area contributed by atoms with Crippen molar-refractivity contribution in [3.63, 3.8) is 0 Å². The number of methoxy groups -OCH3 is 2. The molecule has 2 rings (SSSR count). The Labute approximate surface area is 111 Å². The van der Waals surface area contributed by atoms with Crippen molar-refractivity contribution < 1.29 is 9.47 Å². The highest BCUT2D eigenvalue weighted by molar-refractivity contribution is 6.30. The average molecular weight is 265 g/mol. The van der Waals surface area contributed by atoms with Crippen LogP contribution in [0.2, 0.25) is 5.15 Å². The predicted octanol–water partition coefficient (Wildman–Crippen LogP) is 3.12. The van der Waals surface area contributed by atoms with Gasteiger partial charge in [0.1, 0.15) is 16.7 Å². The lowest BCUT2D eigenvalue weighted by Gasteiger charge is -2.09. The fourth-order valence-electron chi connectivity index (χ4n) is 1.53. The molecule has 0 unspecified atom stereocenters. The molecular formula is C13H13ClN2O2. The molecule has 0 atom stereocenters. The molecule has 1 aromatic carbocycles. The van der Waals surface area contributed by atoms with Crippen LogP contribution in [0.15, 0.2) is 24.4 Å². The van der Waals surface area contributed by atoms with E-state index in [0.717, 1.165) is 11.1 Å². The number of benzene rings is 1. The Bertz CT molecular complexity index is 573. The van der Waals surface area contributed by atoms with E-state index in [1.54, 1.807) is 26.5 Å². The molecule has 18 heavy (non-hydrogen) atoms. The molecule has 0 aliphatic carbocycles. The van der Waals surface area contributed by atoms with E-state index in [1.165, 1.54) is 0 Å². The number of rotatable bonds is 3. The third-order valence-corrected chi connectivity index (χ3v) is 2.94. The maximum atomic E-state index is 6.00. The molecule has 1 aromatic heterocycles. The maximum Gasteiger partial charge on any atom is 0.164 e. The Morgan fingerprint density at radius 2 is 1.94 bits per heavy atom. The summed E-state index contributed by atoms with van der Waals surface area (Å²) in [6.07, 6.45) is 1.69. The molecule has 2 aromatic rings. The summed E-state index contributed by atoms with van der Waals surface area (Å²) in [4.78, 5) is 8.50. The number of ether oxygens (including phenoxy) is 2. The summed E-state index contributed by atoms with van der Waals surface area (Å²) in [6, 6.07) is 5.46. The lowest BCUT2D eigenvalue weighted by Crippen LogP contribution is -1.95. The first-order chi connectivity index (χ1) is 8.65. The van der Waals surface area contributed by atoms with Gasteiger partial charge in [-0.05, 0) is 19.1 Å². The number of aromatic nitrogens is 2. The lowest BCUT2D eigenvalue weighted by atomic mass is 10.1. The first-order valence-corrected chi connectivity index (χ1v) is 5.75. The fraction of sp³-hybridized carbons (Fsp3) is 0.231. The van der Waals surface area contributed by atoms with E-state index in [4.69, 9.17) is 21.1 Å². The minimum Gasteiger partial charge on any atom is -0.497 e. The van der Waals surface area contributed by atoms with Gasteiger partial charge < -0.3 is 9.47 Å². The largest absolute Gasteiger partial charge is 0.497 e. The van der Waals surface area contributed by atoms with Crippen molar-refractivity contribution in [2.75, 3.05) is 14.2 Å². The van der Waals surface area contributed by atoms with Crippen molar-refractivity contribution in [1.82, 2.24) is 9.97 Å². The first kappa shape index (κ1) is 12.6. The quantitative estimate of drug-likeness (QED) is 0.799. The molecule has 94 valence electrons. The molecule has 0 aliphatic heterocycles. The minimum atomic E-state index is 0.442. The highest BCUT2D eigenvalue weighted by atomic mass is 35.5. The van der Waals surface area contributed by atoms with E-state index in [1.807, 2.05) is 19.1 Å². The highest BCUT2D eigenvalue weighted by Gasteiger charge is 2.11. The molecule has 0 fully saturated rings. The summed E-state index contributed by atoms with van der Waals surface area (Å²) in [7, 11) is 3.20. The van der Waals surface area contributed by atoms with Gasteiger partial charge in [0.2, 0.25) is 0 Å². The molecule has 0 saturated heterocycles. The van der Waals surface area contributed by atoms with Crippen LogP contribution in [-0.4, -0.2) is 24.2 Å². The van der Waals surface area contributed by atoms with Crippen LogP contribution in [0.3, 0.4) is 0 Å². The monoisotopic (exact) mass is 264 g/mol. The summed E-state index contributed by atoms with van der Waals surface area (Å²) >= 11 is 6.00. The van der Waals surface area contributed by atoms with Gasteiger partial charge in [0.15, 0.2) is 5.82 Å². The normalized spacial score (nSPS) is 10.2. The van der Waals surface area contributed by atoms with Crippen molar-refractivity contribution in [3.05, 3.63) is 35.1 Å². The summed E-state index contributed by atoms with van der Waals surface area (Å²) < 4.78 is 10.5. The predicted molar refractivity (Wildman–Crippen MR) is 70.3 cm³/mol. The Morgan fingerprint density at radius 3 is 2.56 bits per heavy atom. The van der Waals surface area contributed by atoms with Crippen LogP contribution in [0.5, 0.6) is 11.5 Å². The standard InChI is InChI=1S/C13H13ClN2O2/c1-8-7-15-13(16-12(8)14)10-5-4-9(17-2)6-11(10)18-3/h4-7H,1-3H3. The summed E-state index contributed by atoms with van der Waals surface area (Å²) in [5.74, 6) is 1.90. The Balaban J connectivity index is 2.52. The van der Waals surface area contributed by atoms with E-state index < -0.39 is 0 Å². The van der Waals surface area contributed by atoms with Gasteiger partial charge >= 0.3 is 0 Å². The van der Waals surface area contributed by atoms with Crippen LogP contribution in [0.4, 0.5) is 0 Å². The second-order valence-corrected chi connectivity index (χ2v) is 4.09. The van der Waals surface area contributed by atoms with Gasteiger partial charge in [-0.1, -0.05) is 11.6 Å². The fourth-order valence-corrected chi connectivity index (χ4v) is 1.66. The third kappa shape index (κ3) is 2.38. The molecular weight excluding hydrogens is 252 g/mol. The Morgan fingerprint density at radius 1 is 1.17 bits per heavy atom. The van der Waals surface area contributed by atoms with Gasteiger partial charge in [0.25, 0.3) is 0 Å². The van der Waals surface area contributed by atoms with Crippen molar-refractivity contribution in [1.29, 1.82) is 0 Å². The van der Waals surface area contributed by atoms with Crippen LogP contribution < -0.4 is 9.47 Å². The van der Waals surface area contributed by atoms with E-state index in [2.05, 4.69) is 9.97 Å². The van der Waals surface area contributed by atoms with Gasteiger partial charge in [-0.3, -0.25) is 0 Å². The van der Waals surface area contributed by atoms with Crippen LogP contribution in [0.25, 0.3) is 11.4 Å². The number of nitrogens with zero attached hydrogens (tertiary/aromatic N) is 2. The van der Waals surface area contributed by atoms with Crippen LogP contribution >= 0.6 is 11.6 Å². The van der Waals surface area contributed by atoms with E-state index in [-0.39, 0.29) is 0 Å². The van der Waals surface area contributed by atoms with E-state index in [9.17, 15) is 0 Å². The van der Waals surface area contributed by atoms with Crippen LogP contribution in [0, 0.1) is 6.92 Å². The Kier molecular flexibility index (Phi) is 3.67. The summed E-state index contributed by atoms with van der Waals surface area (Å²) in [5, 5.41) is 0.442.